The predicted octanol–water partition coefficient (Wildman–Crippen LogP) is 2.33. The third-order valence-corrected chi connectivity index (χ3v) is 3.96. The Morgan fingerprint density at radius 1 is 1.25 bits per heavy atom. The van der Waals surface area contributed by atoms with Gasteiger partial charge in [-0.25, -0.2) is 9.67 Å². The number of aromatic nitrogens is 4. The molecule has 0 aromatic carbocycles. The van der Waals surface area contributed by atoms with Gasteiger partial charge in [-0.1, -0.05) is 5.21 Å². The number of hydrogen-bond acceptors (Lipinski definition) is 5. The molecule has 7 nitrogen and oxygen atoms in total. The van der Waals surface area contributed by atoms with Gasteiger partial charge in [-0.05, 0) is 39.7 Å². The highest BCUT2D eigenvalue weighted by atomic mass is 16.5. The van der Waals surface area contributed by atoms with E-state index in [9.17, 15) is 4.79 Å². The Hall–Kier alpha value is -2.44. The van der Waals surface area contributed by atoms with Gasteiger partial charge in [0, 0.05) is 31.5 Å². The van der Waals surface area contributed by atoms with E-state index in [0.29, 0.717) is 30.6 Å². The van der Waals surface area contributed by atoms with Crippen molar-refractivity contribution in [3.8, 4) is 5.88 Å². The van der Waals surface area contributed by atoms with Crippen molar-refractivity contribution in [2.24, 2.45) is 0 Å². The van der Waals surface area contributed by atoms with Crippen LogP contribution >= 0.6 is 0 Å². The minimum absolute atomic E-state index is 0.0156. The molecule has 1 aliphatic rings. The summed E-state index contributed by atoms with van der Waals surface area (Å²) in [6.07, 6.45) is 6.92. The molecule has 2 aromatic rings. The third-order valence-electron chi connectivity index (χ3n) is 3.96. The van der Waals surface area contributed by atoms with Gasteiger partial charge in [0.25, 0.3) is 5.91 Å². The zero-order chi connectivity index (χ0) is 17.2. The fourth-order valence-electron chi connectivity index (χ4n) is 2.81. The number of likely N-dealkylation sites (tertiary alicyclic amines) is 1. The number of carbonyl (C=O) groups is 1. The lowest BCUT2D eigenvalue weighted by Crippen LogP contribution is -2.39. The molecule has 0 bridgehead atoms. The number of pyridine rings is 1. The first-order valence-electron chi connectivity index (χ1n) is 8.22. The molecular formula is C17H23N5O2. The summed E-state index contributed by atoms with van der Waals surface area (Å²) in [5.41, 5.74) is 0.289. The van der Waals surface area contributed by atoms with Crippen molar-refractivity contribution in [2.75, 3.05) is 13.1 Å². The van der Waals surface area contributed by atoms with Crippen LogP contribution in [0, 0.1) is 0 Å². The second-order valence-corrected chi connectivity index (χ2v) is 7.01. The number of piperidine rings is 1. The van der Waals surface area contributed by atoms with Gasteiger partial charge in [-0.15, -0.1) is 5.10 Å². The Kier molecular flexibility index (Phi) is 4.51. The van der Waals surface area contributed by atoms with E-state index in [1.807, 2.05) is 36.5 Å². The van der Waals surface area contributed by atoms with Crippen molar-refractivity contribution >= 4 is 5.91 Å². The highest BCUT2D eigenvalue weighted by molar-refractivity contribution is 5.94. The summed E-state index contributed by atoms with van der Waals surface area (Å²) in [6, 6.07) is 3.85. The molecule has 128 valence electrons. The van der Waals surface area contributed by atoms with Crippen LogP contribution in [0.5, 0.6) is 5.88 Å². The van der Waals surface area contributed by atoms with Gasteiger partial charge in [-0.3, -0.25) is 4.79 Å². The molecule has 0 aliphatic carbocycles. The minimum atomic E-state index is -0.304. The normalized spacial score (nSPS) is 16.2. The molecule has 0 spiro atoms. The average molecular weight is 329 g/mol. The van der Waals surface area contributed by atoms with Crippen LogP contribution in [0.4, 0.5) is 0 Å². The second kappa shape index (κ2) is 6.59. The zero-order valence-corrected chi connectivity index (χ0v) is 14.3. The van der Waals surface area contributed by atoms with Gasteiger partial charge < -0.3 is 9.64 Å². The molecule has 1 aliphatic heterocycles. The third kappa shape index (κ3) is 3.90. The van der Waals surface area contributed by atoms with Crippen LogP contribution < -0.4 is 4.74 Å². The first-order valence-corrected chi connectivity index (χ1v) is 8.22. The summed E-state index contributed by atoms with van der Waals surface area (Å²) < 4.78 is 7.56. The summed E-state index contributed by atoms with van der Waals surface area (Å²) in [4.78, 5) is 18.7. The van der Waals surface area contributed by atoms with Crippen molar-refractivity contribution in [1.82, 2.24) is 24.9 Å². The Balaban J connectivity index is 1.59. The Morgan fingerprint density at radius 2 is 2.00 bits per heavy atom. The maximum atomic E-state index is 12.6. The van der Waals surface area contributed by atoms with Crippen LogP contribution in [-0.2, 0) is 0 Å². The van der Waals surface area contributed by atoms with Crippen LogP contribution in [0.25, 0.3) is 0 Å². The number of nitrogens with zero attached hydrogens (tertiary/aromatic N) is 5. The Morgan fingerprint density at radius 3 is 2.54 bits per heavy atom. The highest BCUT2D eigenvalue weighted by Gasteiger charge is 2.25. The fraction of sp³-hybridized carbons (Fsp3) is 0.529. The van der Waals surface area contributed by atoms with Crippen molar-refractivity contribution < 1.29 is 9.53 Å². The number of ether oxygens (including phenoxy) is 1. The van der Waals surface area contributed by atoms with E-state index in [1.54, 1.807) is 24.5 Å². The van der Waals surface area contributed by atoms with E-state index < -0.39 is 0 Å². The van der Waals surface area contributed by atoms with E-state index in [0.717, 1.165) is 12.8 Å². The number of amides is 1. The SMILES string of the molecule is CC(C)(C)Oc1ccc(C(=O)N2CCC(n3ccnn3)CC2)cn1. The topological polar surface area (TPSA) is 73.1 Å². The summed E-state index contributed by atoms with van der Waals surface area (Å²) in [6.45, 7) is 7.32. The van der Waals surface area contributed by atoms with Crippen LogP contribution in [0.1, 0.15) is 50.0 Å². The first-order chi connectivity index (χ1) is 11.4. The van der Waals surface area contributed by atoms with E-state index >= 15 is 0 Å². The molecule has 0 saturated carbocycles. The van der Waals surface area contributed by atoms with Crippen LogP contribution in [0.2, 0.25) is 0 Å². The molecule has 0 N–H and O–H groups in total. The van der Waals surface area contributed by atoms with Crippen molar-refractivity contribution in [3.05, 3.63) is 36.3 Å². The van der Waals surface area contributed by atoms with Crippen molar-refractivity contribution in [3.63, 3.8) is 0 Å². The van der Waals surface area contributed by atoms with E-state index in [4.69, 9.17) is 4.74 Å². The smallest absolute Gasteiger partial charge is 0.255 e. The summed E-state index contributed by atoms with van der Waals surface area (Å²) in [7, 11) is 0. The maximum absolute atomic E-state index is 12.6. The zero-order valence-electron chi connectivity index (χ0n) is 14.3. The lowest BCUT2D eigenvalue weighted by molar-refractivity contribution is 0.0688. The maximum Gasteiger partial charge on any atom is 0.255 e. The molecular weight excluding hydrogens is 306 g/mol. The highest BCUT2D eigenvalue weighted by Crippen LogP contribution is 2.23. The van der Waals surface area contributed by atoms with E-state index in [1.165, 1.54) is 0 Å². The lowest BCUT2D eigenvalue weighted by Gasteiger charge is -2.31. The monoisotopic (exact) mass is 329 g/mol. The Labute approximate surface area is 141 Å². The van der Waals surface area contributed by atoms with Crippen molar-refractivity contribution in [1.29, 1.82) is 0 Å². The lowest BCUT2D eigenvalue weighted by atomic mass is 10.0. The standard InChI is InChI=1S/C17H23N5O2/c1-17(2,3)24-15-5-4-13(12-18-15)16(23)21-9-6-14(7-10-21)22-11-8-19-20-22/h4-5,8,11-12,14H,6-7,9-10H2,1-3H3. The van der Waals surface area contributed by atoms with Crippen LogP contribution in [0.15, 0.2) is 30.7 Å². The first kappa shape index (κ1) is 16.4. The van der Waals surface area contributed by atoms with Gasteiger partial charge >= 0.3 is 0 Å². The molecule has 3 heterocycles. The average Bonchev–Trinajstić information content (AvgIpc) is 3.08. The molecule has 24 heavy (non-hydrogen) atoms. The number of hydrogen-bond donors (Lipinski definition) is 0. The molecule has 1 amide bonds. The number of rotatable bonds is 3. The molecule has 2 aromatic heterocycles. The molecule has 1 fully saturated rings. The van der Waals surface area contributed by atoms with E-state index in [2.05, 4.69) is 15.3 Å². The van der Waals surface area contributed by atoms with Gasteiger partial charge in [-0.2, -0.15) is 0 Å². The quantitative estimate of drug-likeness (QED) is 0.864. The molecule has 0 radical (unpaired) electrons. The van der Waals surface area contributed by atoms with Crippen LogP contribution in [0.3, 0.4) is 0 Å². The van der Waals surface area contributed by atoms with Gasteiger partial charge in [0.05, 0.1) is 17.8 Å². The predicted molar refractivity (Wildman–Crippen MR) is 88.8 cm³/mol. The van der Waals surface area contributed by atoms with Gasteiger partial charge in [0.2, 0.25) is 5.88 Å². The number of carbonyl (C=O) groups excluding carboxylic acids is 1. The molecule has 3 rings (SSSR count). The van der Waals surface area contributed by atoms with Gasteiger partial charge in [0.1, 0.15) is 5.60 Å². The van der Waals surface area contributed by atoms with Crippen molar-refractivity contribution in [2.45, 2.75) is 45.3 Å². The molecule has 1 saturated heterocycles. The largest absolute Gasteiger partial charge is 0.472 e. The fourth-order valence-corrected chi connectivity index (χ4v) is 2.81. The molecule has 0 unspecified atom stereocenters. The Bertz CT molecular complexity index is 668. The summed E-state index contributed by atoms with van der Waals surface area (Å²) >= 11 is 0. The molecule has 7 heteroatoms. The minimum Gasteiger partial charge on any atom is -0.472 e. The summed E-state index contributed by atoms with van der Waals surface area (Å²) in [5, 5.41) is 7.89. The second-order valence-electron chi connectivity index (χ2n) is 7.01. The van der Waals surface area contributed by atoms with Crippen LogP contribution in [-0.4, -0.2) is 49.5 Å². The molecule has 0 atom stereocenters. The van der Waals surface area contributed by atoms with E-state index in [-0.39, 0.29) is 11.5 Å². The van der Waals surface area contributed by atoms with Gasteiger partial charge in [0.15, 0.2) is 0 Å². The summed E-state index contributed by atoms with van der Waals surface area (Å²) in [5.74, 6) is 0.547.